The molecule has 1 saturated heterocycles. The molecular formula is C26H36N4O2. The van der Waals surface area contributed by atoms with Gasteiger partial charge in [0.25, 0.3) is 0 Å². The average Bonchev–Trinajstić information content (AvgIpc) is 3.28. The maximum Gasteiger partial charge on any atom is 0.319 e. The van der Waals surface area contributed by atoms with Gasteiger partial charge in [0, 0.05) is 31.2 Å². The van der Waals surface area contributed by atoms with E-state index in [2.05, 4.69) is 46.8 Å². The Labute approximate surface area is 191 Å². The van der Waals surface area contributed by atoms with Crippen LogP contribution in [0.5, 0.6) is 0 Å². The molecule has 1 fully saturated rings. The van der Waals surface area contributed by atoms with Crippen LogP contribution in [-0.2, 0) is 4.79 Å². The van der Waals surface area contributed by atoms with Gasteiger partial charge in [-0.25, -0.2) is 4.79 Å². The number of rotatable bonds is 10. The maximum absolute atomic E-state index is 12.6. The first-order valence-electron chi connectivity index (χ1n) is 11.7. The molecule has 6 nitrogen and oxygen atoms in total. The molecule has 2 aromatic carbocycles. The summed E-state index contributed by atoms with van der Waals surface area (Å²) in [6.07, 6.45) is 3.54. The summed E-state index contributed by atoms with van der Waals surface area (Å²) < 4.78 is 0. The van der Waals surface area contributed by atoms with Crippen LogP contribution in [0.4, 0.5) is 10.5 Å². The van der Waals surface area contributed by atoms with Gasteiger partial charge < -0.3 is 20.9 Å². The molecule has 1 heterocycles. The number of anilines is 1. The Balaban J connectivity index is 1.47. The zero-order valence-electron chi connectivity index (χ0n) is 19.3. The summed E-state index contributed by atoms with van der Waals surface area (Å²) in [6, 6.07) is 17.4. The predicted molar refractivity (Wildman–Crippen MR) is 131 cm³/mol. The summed E-state index contributed by atoms with van der Waals surface area (Å²) in [5.41, 5.74) is 2.96. The van der Waals surface area contributed by atoms with Crippen molar-refractivity contribution in [2.75, 3.05) is 31.5 Å². The fourth-order valence-corrected chi connectivity index (χ4v) is 4.15. The van der Waals surface area contributed by atoms with Gasteiger partial charge >= 0.3 is 6.03 Å². The number of carbonyl (C=O) groups excluding carboxylic acids is 2. The molecule has 0 radical (unpaired) electrons. The first-order chi connectivity index (χ1) is 15.5. The minimum Gasteiger partial charge on any atom is -0.355 e. The number of hydrogen-bond acceptors (Lipinski definition) is 3. The molecule has 3 N–H and O–H groups in total. The minimum atomic E-state index is -0.284. The van der Waals surface area contributed by atoms with Crippen LogP contribution < -0.4 is 16.0 Å². The highest BCUT2D eigenvalue weighted by atomic mass is 16.2. The predicted octanol–water partition coefficient (Wildman–Crippen LogP) is 4.49. The molecule has 0 unspecified atom stereocenters. The first-order valence-corrected chi connectivity index (χ1v) is 11.7. The van der Waals surface area contributed by atoms with E-state index in [0.717, 1.165) is 42.9 Å². The highest BCUT2D eigenvalue weighted by Gasteiger charge is 2.18. The number of urea groups is 1. The summed E-state index contributed by atoms with van der Waals surface area (Å²) in [7, 11) is 0. The zero-order valence-corrected chi connectivity index (χ0v) is 19.3. The zero-order chi connectivity index (χ0) is 22.8. The summed E-state index contributed by atoms with van der Waals surface area (Å²) in [6.45, 7) is 8.00. The Hall–Kier alpha value is -2.86. The third-order valence-electron chi connectivity index (χ3n) is 5.72. The second-order valence-electron chi connectivity index (χ2n) is 8.97. The Morgan fingerprint density at radius 2 is 1.59 bits per heavy atom. The van der Waals surface area contributed by atoms with Crippen LogP contribution in [0, 0.1) is 5.92 Å². The van der Waals surface area contributed by atoms with Crippen molar-refractivity contribution in [1.29, 1.82) is 0 Å². The molecule has 32 heavy (non-hydrogen) atoms. The lowest BCUT2D eigenvalue weighted by atomic mass is 10.0. The van der Waals surface area contributed by atoms with Crippen molar-refractivity contribution in [3.05, 3.63) is 54.6 Å². The van der Waals surface area contributed by atoms with E-state index < -0.39 is 0 Å². The van der Waals surface area contributed by atoms with E-state index in [-0.39, 0.29) is 18.0 Å². The quantitative estimate of drug-likeness (QED) is 0.514. The number of benzene rings is 2. The molecule has 1 atom stereocenters. The monoisotopic (exact) mass is 436 g/mol. The fourth-order valence-electron chi connectivity index (χ4n) is 4.15. The van der Waals surface area contributed by atoms with Crippen molar-refractivity contribution < 1.29 is 9.59 Å². The van der Waals surface area contributed by atoms with Crippen molar-refractivity contribution in [3.8, 4) is 11.1 Å². The number of carbonyl (C=O) groups is 2. The molecule has 1 aliphatic rings. The topological polar surface area (TPSA) is 73.5 Å². The van der Waals surface area contributed by atoms with Gasteiger partial charge in [-0.05, 0) is 61.5 Å². The van der Waals surface area contributed by atoms with E-state index in [1.165, 1.54) is 12.8 Å². The third kappa shape index (κ3) is 8.00. The molecule has 0 aliphatic carbocycles. The molecule has 0 spiro atoms. The van der Waals surface area contributed by atoms with Gasteiger partial charge in [0.15, 0.2) is 0 Å². The highest BCUT2D eigenvalue weighted by Crippen LogP contribution is 2.21. The van der Waals surface area contributed by atoms with Crippen LogP contribution in [-0.4, -0.2) is 49.1 Å². The first kappa shape index (κ1) is 23.8. The molecule has 3 rings (SSSR count). The van der Waals surface area contributed by atoms with Gasteiger partial charge in [0.1, 0.15) is 0 Å². The lowest BCUT2D eigenvalue weighted by molar-refractivity contribution is -0.121. The van der Waals surface area contributed by atoms with Crippen LogP contribution in [0.15, 0.2) is 54.6 Å². The molecular weight excluding hydrogens is 400 g/mol. The minimum absolute atomic E-state index is 0.0117. The molecule has 0 bridgehead atoms. The number of nitrogens with one attached hydrogen (secondary N) is 3. The van der Waals surface area contributed by atoms with Gasteiger partial charge in [-0.15, -0.1) is 0 Å². The largest absolute Gasteiger partial charge is 0.355 e. The van der Waals surface area contributed by atoms with Gasteiger partial charge in [-0.3, -0.25) is 4.79 Å². The van der Waals surface area contributed by atoms with E-state index in [1.54, 1.807) is 0 Å². The van der Waals surface area contributed by atoms with E-state index in [1.807, 2.05) is 42.5 Å². The Morgan fingerprint density at radius 3 is 2.25 bits per heavy atom. The van der Waals surface area contributed by atoms with E-state index in [4.69, 9.17) is 0 Å². The van der Waals surface area contributed by atoms with Crippen molar-refractivity contribution in [2.24, 2.45) is 5.92 Å². The number of hydrogen-bond donors (Lipinski definition) is 3. The van der Waals surface area contributed by atoms with E-state index in [9.17, 15) is 9.59 Å². The second-order valence-corrected chi connectivity index (χ2v) is 8.97. The summed E-state index contributed by atoms with van der Waals surface area (Å²) in [5, 5.41) is 8.88. The van der Waals surface area contributed by atoms with Crippen molar-refractivity contribution in [1.82, 2.24) is 15.5 Å². The Morgan fingerprint density at radius 1 is 0.938 bits per heavy atom. The van der Waals surface area contributed by atoms with Crippen LogP contribution in [0.2, 0.25) is 0 Å². The van der Waals surface area contributed by atoms with Gasteiger partial charge in [0.05, 0.1) is 0 Å². The molecule has 2 aromatic rings. The molecule has 6 heteroatoms. The molecule has 0 saturated carbocycles. The summed E-state index contributed by atoms with van der Waals surface area (Å²) >= 11 is 0. The van der Waals surface area contributed by atoms with Gasteiger partial charge in [-0.2, -0.15) is 0 Å². The second kappa shape index (κ2) is 12.2. The Kier molecular flexibility index (Phi) is 9.11. The van der Waals surface area contributed by atoms with Gasteiger partial charge in [0.2, 0.25) is 5.91 Å². The van der Waals surface area contributed by atoms with Crippen molar-refractivity contribution >= 4 is 17.6 Å². The van der Waals surface area contributed by atoms with Crippen molar-refractivity contribution in [3.63, 3.8) is 0 Å². The van der Waals surface area contributed by atoms with E-state index in [0.29, 0.717) is 18.9 Å². The number of likely N-dealkylation sites (tertiary alicyclic amines) is 1. The summed E-state index contributed by atoms with van der Waals surface area (Å²) in [5.74, 6) is 0.366. The number of nitrogens with zero attached hydrogens (tertiary/aromatic N) is 1. The molecule has 172 valence electrons. The maximum atomic E-state index is 12.6. The molecule has 3 amide bonds. The fraction of sp³-hybridized carbons (Fsp3) is 0.462. The average molecular weight is 437 g/mol. The van der Waals surface area contributed by atoms with E-state index >= 15 is 0 Å². The van der Waals surface area contributed by atoms with Crippen LogP contribution in [0.3, 0.4) is 0 Å². The normalized spacial score (nSPS) is 14.8. The van der Waals surface area contributed by atoms with Crippen LogP contribution >= 0.6 is 0 Å². The third-order valence-corrected chi connectivity index (χ3v) is 5.72. The van der Waals surface area contributed by atoms with Crippen molar-refractivity contribution in [2.45, 2.75) is 45.6 Å². The SMILES string of the molecule is CC(C)C[C@@H](CC(=O)NCCN1CCCC1)NC(=O)Nc1ccc(-c2ccccc2)cc1. The highest BCUT2D eigenvalue weighted by molar-refractivity contribution is 5.90. The smallest absolute Gasteiger partial charge is 0.319 e. The van der Waals surface area contributed by atoms with Crippen LogP contribution in [0.25, 0.3) is 11.1 Å². The summed E-state index contributed by atoms with van der Waals surface area (Å²) in [4.78, 5) is 27.4. The lowest BCUT2D eigenvalue weighted by Gasteiger charge is -2.21. The Bertz CT molecular complexity index is 846. The molecule has 1 aliphatic heterocycles. The molecule has 0 aromatic heterocycles. The number of amides is 3. The standard InChI is InChI=1S/C26H36N4O2/c1-20(2)18-24(19-25(31)27-14-17-30-15-6-7-16-30)29-26(32)28-23-12-10-22(11-13-23)21-8-4-3-5-9-21/h3-5,8-13,20,24H,6-7,14-19H2,1-2H3,(H,27,31)(H2,28,29,32)/t24-/m0/s1. The van der Waals surface area contributed by atoms with Gasteiger partial charge in [-0.1, -0.05) is 56.3 Å². The lowest BCUT2D eigenvalue weighted by Crippen LogP contribution is -2.43. The van der Waals surface area contributed by atoms with Crippen LogP contribution in [0.1, 0.15) is 39.5 Å².